The zero-order chi connectivity index (χ0) is 14.9. The summed E-state index contributed by atoms with van der Waals surface area (Å²) in [5, 5.41) is 3.04. The minimum atomic E-state index is -0.0389. The fourth-order valence-corrected chi connectivity index (χ4v) is 2.40. The van der Waals surface area contributed by atoms with E-state index in [0.29, 0.717) is 0 Å². The van der Waals surface area contributed by atoms with Gasteiger partial charge in [0.1, 0.15) is 0 Å². The van der Waals surface area contributed by atoms with Crippen LogP contribution in [0.4, 0.5) is 5.69 Å². The Morgan fingerprint density at radius 2 is 1.35 bits per heavy atom. The van der Waals surface area contributed by atoms with Crippen LogP contribution in [-0.4, -0.2) is 5.91 Å². The number of para-hydroxylation sites is 1. The molecule has 2 heteroatoms. The number of hydrogen-bond donors (Lipinski definition) is 1. The zero-order valence-electron chi connectivity index (χ0n) is 12.8. The lowest BCUT2D eigenvalue weighted by Gasteiger charge is -2.14. The summed E-state index contributed by atoms with van der Waals surface area (Å²) in [4.78, 5) is 12.5. The van der Waals surface area contributed by atoms with Crippen LogP contribution in [-0.2, 0) is 0 Å². The second kappa shape index (κ2) is 5.49. The number of hydrogen-bond acceptors (Lipinski definition) is 1. The van der Waals surface area contributed by atoms with E-state index in [2.05, 4.69) is 18.3 Å². The van der Waals surface area contributed by atoms with Crippen molar-refractivity contribution in [1.29, 1.82) is 0 Å². The van der Waals surface area contributed by atoms with Crippen molar-refractivity contribution in [2.45, 2.75) is 34.6 Å². The lowest BCUT2D eigenvalue weighted by Crippen LogP contribution is -2.15. The van der Waals surface area contributed by atoms with Crippen LogP contribution in [0.25, 0.3) is 0 Å². The highest BCUT2D eigenvalue weighted by Gasteiger charge is 2.13. The number of carbonyl (C=O) groups excluding carboxylic acids is 1. The van der Waals surface area contributed by atoms with Gasteiger partial charge in [0.15, 0.2) is 0 Å². The molecule has 0 unspecified atom stereocenters. The minimum Gasteiger partial charge on any atom is -0.321 e. The van der Waals surface area contributed by atoms with Gasteiger partial charge in [-0.15, -0.1) is 0 Å². The van der Waals surface area contributed by atoms with E-state index in [-0.39, 0.29) is 5.91 Å². The Balaban J connectivity index is 2.36. The minimum absolute atomic E-state index is 0.0389. The predicted molar refractivity (Wildman–Crippen MR) is 84.5 cm³/mol. The van der Waals surface area contributed by atoms with Gasteiger partial charge < -0.3 is 5.32 Å². The third-order valence-electron chi connectivity index (χ3n) is 3.80. The van der Waals surface area contributed by atoms with Crippen LogP contribution < -0.4 is 5.32 Å². The van der Waals surface area contributed by atoms with Crippen LogP contribution >= 0.6 is 0 Å². The summed E-state index contributed by atoms with van der Waals surface area (Å²) in [6, 6.07) is 10.1. The molecule has 1 amide bonds. The monoisotopic (exact) mass is 267 g/mol. The summed E-state index contributed by atoms with van der Waals surface area (Å²) in [7, 11) is 0. The Morgan fingerprint density at radius 1 is 0.800 bits per heavy atom. The van der Waals surface area contributed by atoms with E-state index < -0.39 is 0 Å². The number of aryl methyl sites for hydroxylation is 5. The fraction of sp³-hybridized carbons (Fsp3) is 0.278. The molecule has 2 aromatic carbocycles. The van der Waals surface area contributed by atoms with E-state index in [1.165, 1.54) is 5.56 Å². The summed E-state index contributed by atoms with van der Waals surface area (Å²) in [6.45, 7) is 10.1. The van der Waals surface area contributed by atoms with Crippen molar-refractivity contribution in [3.63, 3.8) is 0 Å². The molecular weight excluding hydrogens is 246 g/mol. The van der Waals surface area contributed by atoms with Gasteiger partial charge in [0.2, 0.25) is 0 Å². The van der Waals surface area contributed by atoms with Gasteiger partial charge in [0, 0.05) is 11.3 Å². The van der Waals surface area contributed by atoms with Crippen LogP contribution in [0.15, 0.2) is 30.3 Å². The second-order valence-corrected chi connectivity index (χ2v) is 5.47. The first-order chi connectivity index (χ1) is 9.40. The summed E-state index contributed by atoms with van der Waals surface area (Å²) >= 11 is 0. The van der Waals surface area contributed by atoms with Crippen LogP contribution in [0, 0.1) is 34.6 Å². The number of carbonyl (C=O) groups is 1. The molecule has 0 spiro atoms. The number of nitrogens with one attached hydrogen (secondary N) is 1. The van der Waals surface area contributed by atoms with Gasteiger partial charge in [-0.3, -0.25) is 4.79 Å². The molecular formula is C18H21NO. The maximum absolute atomic E-state index is 12.5. The van der Waals surface area contributed by atoms with Crippen molar-refractivity contribution in [3.05, 3.63) is 63.7 Å². The molecule has 0 radical (unpaired) electrons. The van der Waals surface area contributed by atoms with Gasteiger partial charge in [-0.2, -0.15) is 0 Å². The molecule has 0 aliphatic rings. The van der Waals surface area contributed by atoms with Crippen molar-refractivity contribution in [2.75, 3.05) is 5.32 Å². The summed E-state index contributed by atoms with van der Waals surface area (Å²) in [5.41, 5.74) is 7.19. The smallest absolute Gasteiger partial charge is 0.255 e. The van der Waals surface area contributed by atoms with E-state index >= 15 is 0 Å². The molecule has 0 fully saturated rings. The van der Waals surface area contributed by atoms with E-state index in [4.69, 9.17) is 0 Å². The first kappa shape index (κ1) is 14.3. The third-order valence-corrected chi connectivity index (χ3v) is 3.80. The summed E-state index contributed by atoms with van der Waals surface area (Å²) in [5.74, 6) is -0.0389. The normalized spacial score (nSPS) is 10.4. The van der Waals surface area contributed by atoms with Gasteiger partial charge in [0.25, 0.3) is 5.91 Å². The van der Waals surface area contributed by atoms with E-state index in [1.54, 1.807) is 0 Å². The predicted octanol–water partition coefficient (Wildman–Crippen LogP) is 4.48. The van der Waals surface area contributed by atoms with Crippen molar-refractivity contribution in [2.24, 2.45) is 0 Å². The molecule has 2 rings (SSSR count). The molecule has 0 atom stereocenters. The van der Waals surface area contributed by atoms with E-state index in [9.17, 15) is 4.79 Å². The zero-order valence-corrected chi connectivity index (χ0v) is 12.8. The van der Waals surface area contributed by atoms with Crippen LogP contribution in [0.1, 0.15) is 38.2 Å². The van der Waals surface area contributed by atoms with Crippen molar-refractivity contribution < 1.29 is 4.79 Å². The topological polar surface area (TPSA) is 29.1 Å². The quantitative estimate of drug-likeness (QED) is 0.854. The highest BCUT2D eigenvalue weighted by molar-refractivity contribution is 6.06. The number of anilines is 1. The highest BCUT2D eigenvalue weighted by atomic mass is 16.1. The molecule has 0 aliphatic heterocycles. The molecule has 0 aromatic heterocycles. The van der Waals surface area contributed by atoms with Gasteiger partial charge >= 0.3 is 0 Å². The van der Waals surface area contributed by atoms with Crippen molar-refractivity contribution in [1.82, 2.24) is 0 Å². The summed E-state index contributed by atoms with van der Waals surface area (Å²) < 4.78 is 0. The fourth-order valence-electron chi connectivity index (χ4n) is 2.40. The van der Waals surface area contributed by atoms with Gasteiger partial charge in [-0.25, -0.2) is 0 Å². The lowest BCUT2D eigenvalue weighted by molar-refractivity contribution is 0.102. The van der Waals surface area contributed by atoms with Crippen LogP contribution in [0.2, 0.25) is 0 Å². The van der Waals surface area contributed by atoms with Crippen LogP contribution in [0.3, 0.4) is 0 Å². The molecule has 2 aromatic rings. The van der Waals surface area contributed by atoms with Crippen molar-refractivity contribution >= 4 is 11.6 Å². The number of amides is 1. The lowest BCUT2D eigenvalue weighted by atomic mass is 10.00. The Kier molecular flexibility index (Phi) is 3.93. The van der Waals surface area contributed by atoms with E-state index in [1.807, 2.05) is 52.0 Å². The molecule has 104 valence electrons. The average Bonchev–Trinajstić information content (AvgIpc) is 2.38. The first-order valence-corrected chi connectivity index (χ1v) is 6.85. The molecule has 0 heterocycles. The molecule has 20 heavy (non-hydrogen) atoms. The highest BCUT2D eigenvalue weighted by Crippen LogP contribution is 2.22. The maximum Gasteiger partial charge on any atom is 0.255 e. The largest absolute Gasteiger partial charge is 0.321 e. The SMILES string of the molecule is Cc1cc(C)c(C(=O)Nc2c(C)cccc2C)cc1C. The molecule has 0 bridgehead atoms. The van der Waals surface area contributed by atoms with Gasteiger partial charge in [0.05, 0.1) is 0 Å². The Labute approximate surface area is 120 Å². The third kappa shape index (κ3) is 2.74. The Hall–Kier alpha value is -2.09. The average molecular weight is 267 g/mol. The van der Waals surface area contributed by atoms with E-state index in [0.717, 1.165) is 33.5 Å². The van der Waals surface area contributed by atoms with Crippen LogP contribution in [0.5, 0.6) is 0 Å². The Morgan fingerprint density at radius 3 is 1.95 bits per heavy atom. The number of rotatable bonds is 2. The molecule has 0 aliphatic carbocycles. The maximum atomic E-state index is 12.5. The molecule has 1 N–H and O–H groups in total. The van der Waals surface area contributed by atoms with Gasteiger partial charge in [-0.1, -0.05) is 24.3 Å². The molecule has 0 saturated carbocycles. The second-order valence-electron chi connectivity index (χ2n) is 5.47. The number of benzene rings is 2. The standard InChI is InChI=1S/C18H21NO/c1-11-7-6-8-12(2)17(11)19-18(20)16-10-14(4)13(3)9-15(16)5/h6-10H,1-5H3,(H,19,20). The summed E-state index contributed by atoms with van der Waals surface area (Å²) in [6.07, 6.45) is 0. The van der Waals surface area contributed by atoms with Crippen molar-refractivity contribution in [3.8, 4) is 0 Å². The molecule has 2 nitrogen and oxygen atoms in total. The Bertz CT molecular complexity index is 651. The first-order valence-electron chi connectivity index (χ1n) is 6.85. The molecule has 0 saturated heterocycles. The van der Waals surface area contributed by atoms with Gasteiger partial charge in [-0.05, 0) is 68.5 Å².